The van der Waals surface area contributed by atoms with Crippen LogP contribution in [0.15, 0.2) is 16.9 Å². The lowest BCUT2D eigenvalue weighted by molar-refractivity contribution is -0.140. The molecule has 1 unspecified atom stereocenters. The average molecular weight is 436 g/mol. The highest BCUT2D eigenvalue weighted by molar-refractivity contribution is 5.99. The highest BCUT2D eigenvalue weighted by Gasteiger charge is 2.34. The van der Waals surface area contributed by atoms with Crippen molar-refractivity contribution in [2.24, 2.45) is 17.3 Å². The molecule has 8 heteroatoms. The van der Waals surface area contributed by atoms with Crippen LogP contribution in [0.3, 0.4) is 0 Å². The van der Waals surface area contributed by atoms with Gasteiger partial charge in [0.05, 0.1) is 25.5 Å². The van der Waals surface area contributed by atoms with Crippen LogP contribution in [0, 0.1) is 17.3 Å². The summed E-state index contributed by atoms with van der Waals surface area (Å²) in [5, 5.41) is 2.86. The third kappa shape index (κ3) is 7.76. The van der Waals surface area contributed by atoms with Crippen LogP contribution in [0.4, 0.5) is 0 Å². The number of rotatable bonds is 11. The first-order chi connectivity index (χ1) is 14.6. The standard InChI is InChI=1S/C23H37N3O5/c1-6-18(20(28)22-24-7-10-31-22)25-21(29)17(15-23(4,5)14-16(2)3)13-19(27)26-8-11-30-12-9-26/h7,10,16-18H,6,8-9,11-15H2,1-5H3,(H,25,29)/t17?,18-/m0/s1. The SMILES string of the molecule is CC[C@H](NC(=O)C(CC(=O)N1CCOCC1)CC(C)(C)CC(C)C)C(=O)c1ncco1. The van der Waals surface area contributed by atoms with Gasteiger partial charge in [-0.25, -0.2) is 4.98 Å². The average Bonchev–Trinajstić information content (AvgIpc) is 3.25. The molecule has 31 heavy (non-hydrogen) atoms. The molecule has 1 saturated heterocycles. The molecule has 1 aliphatic heterocycles. The molecule has 8 nitrogen and oxygen atoms in total. The Bertz CT molecular complexity index is 724. The second-order valence-electron chi connectivity index (χ2n) is 9.53. The Morgan fingerprint density at radius 3 is 2.42 bits per heavy atom. The summed E-state index contributed by atoms with van der Waals surface area (Å²) in [5.41, 5.74) is -0.115. The van der Waals surface area contributed by atoms with Crippen LogP contribution in [0.25, 0.3) is 0 Å². The van der Waals surface area contributed by atoms with Gasteiger partial charge in [0.25, 0.3) is 5.89 Å². The molecule has 0 saturated carbocycles. The lowest BCUT2D eigenvalue weighted by atomic mass is 9.75. The topological polar surface area (TPSA) is 102 Å². The Hall–Kier alpha value is -2.22. The molecule has 0 spiro atoms. The smallest absolute Gasteiger partial charge is 0.265 e. The molecule has 0 aromatic carbocycles. The Morgan fingerprint density at radius 1 is 1.19 bits per heavy atom. The maximum atomic E-state index is 13.3. The molecule has 1 fully saturated rings. The summed E-state index contributed by atoms with van der Waals surface area (Å²) in [5.74, 6) is -0.742. The summed E-state index contributed by atoms with van der Waals surface area (Å²) in [7, 11) is 0. The minimum absolute atomic E-state index is 0.0202. The molecular formula is C23H37N3O5. The molecule has 2 amide bonds. The van der Waals surface area contributed by atoms with Crippen molar-refractivity contribution < 1.29 is 23.5 Å². The van der Waals surface area contributed by atoms with E-state index in [0.29, 0.717) is 45.1 Å². The number of carbonyl (C=O) groups is 3. The molecule has 0 radical (unpaired) electrons. The fourth-order valence-electron chi connectivity index (χ4n) is 4.40. The summed E-state index contributed by atoms with van der Waals surface area (Å²) in [6.45, 7) is 12.5. The molecule has 2 rings (SSSR count). The zero-order valence-electron chi connectivity index (χ0n) is 19.5. The summed E-state index contributed by atoms with van der Waals surface area (Å²) in [6, 6.07) is -0.736. The lowest BCUT2D eigenvalue weighted by Crippen LogP contribution is -2.47. The van der Waals surface area contributed by atoms with E-state index in [9.17, 15) is 14.4 Å². The number of amides is 2. The highest BCUT2D eigenvalue weighted by atomic mass is 16.5. The molecule has 1 aliphatic rings. The molecule has 1 aromatic heterocycles. The second kappa shape index (κ2) is 11.4. The molecular weight excluding hydrogens is 398 g/mol. The number of nitrogens with zero attached hydrogens (tertiary/aromatic N) is 2. The van der Waals surface area contributed by atoms with Crippen LogP contribution in [0.2, 0.25) is 0 Å². The first-order valence-corrected chi connectivity index (χ1v) is 11.2. The van der Waals surface area contributed by atoms with Crippen molar-refractivity contribution in [2.45, 2.75) is 66.3 Å². The zero-order chi connectivity index (χ0) is 23.0. The van der Waals surface area contributed by atoms with Crippen LogP contribution in [-0.2, 0) is 14.3 Å². The van der Waals surface area contributed by atoms with Gasteiger partial charge < -0.3 is 19.4 Å². The molecule has 1 aromatic rings. The van der Waals surface area contributed by atoms with E-state index in [1.807, 2.05) is 6.92 Å². The van der Waals surface area contributed by atoms with Crippen molar-refractivity contribution >= 4 is 17.6 Å². The number of morpholine rings is 1. The molecule has 0 bridgehead atoms. The molecule has 2 heterocycles. The zero-order valence-corrected chi connectivity index (χ0v) is 19.5. The predicted molar refractivity (Wildman–Crippen MR) is 116 cm³/mol. The van der Waals surface area contributed by atoms with Gasteiger partial charge in [0, 0.05) is 25.4 Å². The van der Waals surface area contributed by atoms with Gasteiger partial charge in [-0.1, -0.05) is 34.6 Å². The number of Topliss-reactive ketones (excluding diaryl/α,β-unsaturated/α-hetero) is 1. The Morgan fingerprint density at radius 2 is 1.87 bits per heavy atom. The number of ether oxygens (including phenoxy) is 1. The summed E-state index contributed by atoms with van der Waals surface area (Å²) in [4.78, 5) is 44.4. The number of hydrogen-bond donors (Lipinski definition) is 1. The van der Waals surface area contributed by atoms with Crippen LogP contribution < -0.4 is 5.32 Å². The van der Waals surface area contributed by atoms with E-state index in [-0.39, 0.29) is 35.3 Å². The van der Waals surface area contributed by atoms with Crippen molar-refractivity contribution in [3.8, 4) is 0 Å². The van der Waals surface area contributed by atoms with Gasteiger partial charge in [0.15, 0.2) is 0 Å². The largest absolute Gasteiger partial charge is 0.442 e. The first-order valence-electron chi connectivity index (χ1n) is 11.2. The van der Waals surface area contributed by atoms with E-state index in [0.717, 1.165) is 6.42 Å². The number of ketones is 1. The van der Waals surface area contributed by atoms with E-state index in [1.165, 1.54) is 12.5 Å². The van der Waals surface area contributed by atoms with Gasteiger partial charge >= 0.3 is 0 Å². The number of hydrogen-bond acceptors (Lipinski definition) is 6. The van der Waals surface area contributed by atoms with Gasteiger partial charge in [-0.15, -0.1) is 0 Å². The van der Waals surface area contributed by atoms with Crippen LogP contribution in [-0.4, -0.2) is 59.8 Å². The second-order valence-corrected chi connectivity index (χ2v) is 9.53. The van der Waals surface area contributed by atoms with Gasteiger partial charge in [-0.3, -0.25) is 14.4 Å². The predicted octanol–water partition coefficient (Wildman–Crippen LogP) is 3.08. The summed E-state index contributed by atoms with van der Waals surface area (Å²) in [6.07, 6.45) is 4.77. The molecule has 1 N–H and O–H groups in total. The fourth-order valence-corrected chi connectivity index (χ4v) is 4.40. The fraction of sp³-hybridized carbons (Fsp3) is 0.739. The van der Waals surface area contributed by atoms with E-state index >= 15 is 0 Å². The van der Waals surface area contributed by atoms with E-state index in [1.54, 1.807) is 4.90 Å². The van der Waals surface area contributed by atoms with Gasteiger partial charge in [-0.05, 0) is 30.6 Å². The van der Waals surface area contributed by atoms with Gasteiger partial charge in [0.2, 0.25) is 17.6 Å². The minimum Gasteiger partial charge on any atom is -0.442 e. The normalized spacial score (nSPS) is 16.8. The lowest BCUT2D eigenvalue weighted by Gasteiger charge is -2.33. The van der Waals surface area contributed by atoms with Crippen LogP contribution >= 0.6 is 0 Å². The first kappa shape index (κ1) is 25.0. The Kier molecular flexibility index (Phi) is 9.22. The van der Waals surface area contributed by atoms with E-state index in [4.69, 9.17) is 9.15 Å². The van der Waals surface area contributed by atoms with Crippen LogP contribution in [0.1, 0.15) is 71.0 Å². The molecule has 174 valence electrons. The monoisotopic (exact) mass is 435 g/mol. The van der Waals surface area contributed by atoms with Crippen molar-refractivity contribution in [2.75, 3.05) is 26.3 Å². The van der Waals surface area contributed by atoms with Crippen molar-refractivity contribution in [3.63, 3.8) is 0 Å². The van der Waals surface area contributed by atoms with Crippen molar-refractivity contribution in [1.29, 1.82) is 0 Å². The van der Waals surface area contributed by atoms with E-state index in [2.05, 4.69) is 38.0 Å². The maximum Gasteiger partial charge on any atom is 0.265 e. The van der Waals surface area contributed by atoms with Gasteiger partial charge in [-0.2, -0.15) is 0 Å². The maximum absolute atomic E-state index is 13.3. The number of nitrogens with one attached hydrogen (secondary N) is 1. The third-order valence-corrected chi connectivity index (χ3v) is 5.60. The number of aromatic nitrogens is 1. The van der Waals surface area contributed by atoms with Crippen molar-refractivity contribution in [3.05, 3.63) is 18.4 Å². The van der Waals surface area contributed by atoms with Crippen LogP contribution in [0.5, 0.6) is 0 Å². The highest BCUT2D eigenvalue weighted by Crippen LogP contribution is 2.34. The third-order valence-electron chi connectivity index (χ3n) is 5.60. The number of carbonyl (C=O) groups excluding carboxylic acids is 3. The molecule has 0 aliphatic carbocycles. The molecule has 2 atom stereocenters. The summed E-state index contributed by atoms with van der Waals surface area (Å²) < 4.78 is 10.4. The Balaban J connectivity index is 2.13. The number of oxazole rings is 1. The minimum atomic E-state index is -0.736. The van der Waals surface area contributed by atoms with E-state index < -0.39 is 12.0 Å². The Labute approximate surface area is 185 Å². The summed E-state index contributed by atoms with van der Waals surface area (Å²) >= 11 is 0. The van der Waals surface area contributed by atoms with Crippen molar-refractivity contribution in [1.82, 2.24) is 15.2 Å². The van der Waals surface area contributed by atoms with Gasteiger partial charge in [0.1, 0.15) is 6.26 Å². The quantitative estimate of drug-likeness (QED) is 0.536.